The second-order valence-electron chi connectivity index (χ2n) is 4.03. The average Bonchev–Trinajstić information content (AvgIpc) is 2.64. The van der Waals surface area contributed by atoms with Gasteiger partial charge in [-0.1, -0.05) is 12.1 Å². The summed E-state index contributed by atoms with van der Waals surface area (Å²) in [5.74, 6) is -0.501. The minimum atomic E-state index is -3.51. The van der Waals surface area contributed by atoms with Crippen molar-refractivity contribution in [2.75, 3.05) is 19.5 Å². The van der Waals surface area contributed by atoms with E-state index in [2.05, 4.69) is 0 Å². The highest BCUT2D eigenvalue weighted by Crippen LogP contribution is 2.28. The molecular formula is C11H13FO4S. The zero-order chi connectivity index (χ0) is 12.5. The molecule has 0 saturated carbocycles. The Morgan fingerprint density at radius 1 is 1.29 bits per heavy atom. The van der Waals surface area contributed by atoms with Crippen LogP contribution in [0.4, 0.5) is 4.39 Å². The Morgan fingerprint density at radius 2 is 1.94 bits per heavy atom. The van der Waals surface area contributed by atoms with Crippen molar-refractivity contribution >= 4 is 10.1 Å². The van der Waals surface area contributed by atoms with E-state index in [-0.39, 0.29) is 18.3 Å². The first kappa shape index (κ1) is 12.5. The molecule has 1 saturated heterocycles. The highest BCUT2D eigenvalue weighted by Gasteiger charge is 2.33. The average molecular weight is 260 g/mol. The van der Waals surface area contributed by atoms with Crippen LogP contribution in [0, 0.1) is 5.82 Å². The molecule has 2 rings (SSSR count). The van der Waals surface area contributed by atoms with Crippen molar-refractivity contribution in [3.63, 3.8) is 0 Å². The SMILES string of the molecule is CS(=O)(=O)O[C@@H]1COC[C@@H]1c1ccc(F)cc1. The van der Waals surface area contributed by atoms with Crippen molar-refractivity contribution in [1.29, 1.82) is 0 Å². The first-order chi connectivity index (χ1) is 7.96. The molecule has 1 aliphatic rings. The minimum Gasteiger partial charge on any atom is -0.378 e. The third-order valence-corrected chi connectivity index (χ3v) is 3.22. The summed E-state index contributed by atoms with van der Waals surface area (Å²) in [5.41, 5.74) is 0.817. The van der Waals surface area contributed by atoms with Crippen LogP contribution in [0.1, 0.15) is 11.5 Å². The summed E-state index contributed by atoms with van der Waals surface area (Å²) in [6.07, 6.45) is 0.475. The highest BCUT2D eigenvalue weighted by atomic mass is 32.2. The number of rotatable bonds is 3. The number of ether oxygens (including phenoxy) is 1. The Morgan fingerprint density at radius 3 is 2.53 bits per heavy atom. The molecule has 6 heteroatoms. The summed E-state index contributed by atoms with van der Waals surface area (Å²) in [7, 11) is -3.51. The van der Waals surface area contributed by atoms with Gasteiger partial charge in [0.25, 0.3) is 10.1 Å². The summed E-state index contributed by atoms with van der Waals surface area (Å²) in [6.45, 7) is 0.612. The Bertz CT molecular complexity index is 483. The maximum absolute atomic E-state index is 12.8. The van der Waals surface area contributed by atoms with Crippen LogP contribution in [0.3, 0.4) is 0 Å². The van der Waals surface area contributed by atoms with Crippen molar-refractivity contribution < 1.29 is 21.7 Å². The van der Waals surface area contributed by atoms with Crippen LogP contribution in [0.15, 0.2) is 24.3 Å². The largest absolute Gasteiger partial charge is 0.378 e. The molecule has 0 amide bonds. The fourth-order valence-corrected chi connectivity index (χ4v) is 2.51. The Labute approximate surface area is 99.5 Å². The summed E-state index contributed by atoms with van der Waals surface area (Å²) >= 11 is 0. The molecule has 0 spiro atoms. The monoisotopic (exact) mass is 260 g/mol. The first-order valence-electron chi connectivity index (χ1n) is 5.17. The van der Waals surface area contributed by atoms with E-state index < -0.39 is 16.2 Å². The van der Waals surface area contributed by atoms with Crippen LogP contribution in [-0.4, -0.2) is 34.0 Å². The van der Waals surface area contributed by atoms with E-state index in [4.69, 9.17) is 8.92 Å². The predicted octanol–water partition coefficient (Wildman–Crippen LogP) is 1.28. The van der Waals surface area contributed by atoms with Crippen LogP contribution < -0.4 is 0 Å². The van der Waals surface area contributed by atoms with Gasteiger partial charge in [-0.25, -0.2) is 4.39 Å². The molecule has 0 aromatic heterocycles. The molecule has 1 fully saturated rings. The quantitative estimate of drug-likeness (QED) is 0.768. The van der Waals surface area contributed by atoms with Gasteiger partial charge in [-0.3, -0.25) is 4.18 Å². The van der Waals surface area contributed by atoms with Crippen LogP contribution >= 0.6 is 0 Å². The van der Waals surface area contributed by atoms with Gasteiger partial charge in [0, 0.05) is 5.92 Å². The van der Waals surface area contributed by atoms with Gasteiger partial charge in [-0.05, 0) is 17.7 Å². The molecule has 2 atom stereocenters. The van der Waals surface area contributed by atoms with E-state index in [0.29, 0.717) is 6.61 Å². The molecule has 94 valence electrons. The van der Waals surface area contributed by atoms with Crippen LogP contribution in [0.2, 0.25) is 0 Å². The number of benzene rings is 1. The number of halogens is 1. The van der Waals surface area contributed by atoms with Crippen LogP contribution in [0.5, 0.6) is 0 Å². The fraction of sp³-hybridized carbons (Fsp3) is 0.455. The Kier molecular flexibility index (Phi) is 3.46. The lowest BCUT2D eigenvalue weighted by Gasteiger charge is -2.16. The van der Waals surface area contributed by atoms with Crippen molar-refractivity contribution in [2.24, 2.45) is 0 Å². The highest BCUT2D eigenvalue weighted by molar-refractivity contribution is 7.86. The van der Waals surface area contributed by atoms with Gasteiger partial charge < -0.3 is 4.74 Å². The lowest BCUT2D eigenvalue weighted by atomic mass is 9.96. The minimum absolute atomic E-state index is 0.176. The normalized spacial score (nSPS) is 25.1. The molecular weight excluding hydrogens is 247 g/mol. The van der Waals surface area contributed by atoms with Gasteiger partial charge in [-0.2, -0.15) is 8.42 Å². The summed E-state index contributed by atoms with van der Waals surface area (Å²) < 4.78 is 45.1. The molecule has 0 radical (unpaired) electrons. The van der Waals surface area contributed by atoms with Crippen molar-refractivity contribution in [2.45, 2.75) is 12.0 Å². The van der Waals surface area contributed by atoms with Gasteiger partial charge in [0.15, 0.2) is 0 Å². The zero-order valence-corrected chi connectivity index (χ0v) is 10.1. The number of hydrogen-bond donors (Lipinski definition) is 0. The van der Waals surface area contributed by atoms with Gasteiger partial charge in [0.1, 0.15) is 11.9 Å². The van der Waals surface area contributed by atoms with Gasteiger partial charge in [-0.15, -0.1) is 0 Å². The lowest BCUT2D eigenvalue weighted by Crippen LogP contribution is -2.23. The molecule has 0 aliphatic carbocycles. The molecule has 1 aromatic rings. The molecule has 1 heterocycles. The van der Waals surface area contributed by atoms with Crippen LogP contribution in [0.25, 0.3) is 0 Å². The topological polar surface area (TPSA) is 52.6 Å². The lowest BCUT2D eigenvalue weighted by molar-refractivity contribution is 0.145. The van der Waals surface area contributed by atoms with Crippen molar-refractivity contribution in [3.8, 4) is 0 Å². The molecule has 0 bridgehead atoms. The standard InChI is InChI=1S/C11H13FO4S/c1-17(13,14)16-11-7-15-6-10(11)8-2-4-9(12)5-3-8/h2-5,10-11H,6-7H2,1H3/t10-,11-/m1/s1. The predicted molar refractivity (Wildman–Crippen MR) is 59.7 cm³/mol. The molecule has 17 heavy (non-hydrogen) atoms. The van der Waals surface area contributed by atoms with E-state index in [1.807, 2.05) is 0 Å². The Balaban J connectivity index is 2.17. The van der Waals surface area contributed by atoms with Gasteiger partial charge >= 0.3 is 0 Å². The van der Waals surface area contributed by atoms with Gasteiger partial charge in [0.05, 0.1) is 19.5 Å². The smallest absolute Gasteiger partial charge is 0.264 e. The van der Waals surface area contributed by atoms with E-state index in [1.54, 1.807) is 12.1 Å². The zero-order valence-electron chi connectivity index (χ0n) is 9.30. The molecule has 1 aromatic carbocycles. The first-order valence-corrected chi connectivity index (χ1v) is 6.99. The van der Waals surface area contributed by atoms with E-state index in [9.17, 15) is 12.8 Å². The maximum atomic E-state index is 12.8. The third-order valence-electron chi connectivity index (χ3n) is 2.62. The van der Waals surface area contributed by atoms with Crippen molar-refractivity contribution in [1.82, 2.24) is 0 Å². The van der Waals surface area contributed by atoms with E-state index >= 15 is 0 Å². The van der Waals surface area contributed by atoms with E-state index in [0.717, 1.165) is 11.8 Å². The fourth-order valence-electron chi connectivity index (χ4n) is 1.87. The molecule has 0 unspecified atom stereocenters. The van der Waals surface area contributed by atoms with Gasteiger partial charge in [0.2, 0.25) is 0 Å². The molecule has 4 nitrogen and oxygen atoms in total. The molecule has 0 N–H and O–H groups in total. The summed E-state index contributed by atoms with van der Waals surface area (Å²) in [5, 5.41) is 0. The maximum Gasteiger partial charge on any atom is 0.264 e. The second kappa shape index (κ2) is 4.72. The summed E-state index contributed by atoms with van der Waals surface area (Å²) in [6, 6.07) is 5.91. The molecule has 1 aliphatic heterocycles. The Hall–Kier alpha value is -0.980. The second-order valence-corrected chi connectivity index (χ2v) is 5.64. The summed E-state index contributed by atoms with van der Waals surface area (Å²) in [4.78, 5) is 0. The third kappa shape index (κ3) is 3.24. The number of hydrogen-bond acceptors (Lipinski definition) is 4. The van der Waals surface area contributed by atoms with E-state index in [1.165, 1.54) is 12.1 Å². The van der Waals surface area contributed by atoms with Crippen molar-refractivity contribution in [3.05, 3.63) is 35.6 Å². The van der Waals surface area contributed by atoms with Crippen LogP contribution in [-0.2, 0) is 19.0 Å².